The van der Waals surface area contributed by atoms with Gasteiger partial charge in [0.1, 0.15) is 0 Å². The van der Waals surface area contributed by atoms with Crippen LogP contribution in [0.4, 0.5) is 0 Å². The first kappa shape index (κ1) is 13.2. The number of aliphatic hydroxyl groups excluding tert-OH is 2. The van der Waals surface area contributed by atoms with Crippen molar-refractivity contribution in [3.05, 3.63) is 35.2 Å². The van der Waals surface area contributed by atoms with Crippen LogP contribution < -0.4 is 5.32 Å². The fourth-order valence-electron chi connectivity index (χ4n) is 2.26. The van der Waals surface area contributed by atoms with E-state index in [9.17, 15) is 5.11 Å². The van der Waals surface area contributed by atoms with E-state index in [0.717, 1.165) is 36.3 Å². The minimum atomic E-state index is -0.699. The summed E-state index contributed by atoms with van der Waals surface area (Å²) in [5.41, 5.74) is 4.44. The molecule has 0 saturated heterocycles. The number of aromatic nitrogens is 1. The molecular formula is C14H20N2O2. The van der Waals surface area contributed by atoms with Gasteiger partial charge in [-0.25, -0.2) is 0 Å². The SMILES string of the molecule is Cc1cc(CC(O)CO)cnc1C1=CCNCC1. The van der Waals surface area contributed by atoms with Crippen molar-refractivity contribution >= 4 is 5.57 Å². The average Bonchev–Trinajstić information content (AvgIpc) is 2.40. The maximum atomic E-state index is 9.42. The quantitative estimate of drug-likeness (QED) is 0.732. The van der Waals surface area contributed by atoms with Crippen molar-refractivity contribution in [2.45, 2.75) is 25.9 Å². The molecule has 1 aromatic heterocycles. The Balaban J connectivity index is 2.17. The summed E-state index contributed by atoms with van der Waals surface area (Å²) < 4.78 is 0. The van der Waals surface area contributed by atoms with Gasteiger partial charge in [0.25, 0.3) is 0 Å². The van der Waals surface area contributed by atoms with Crippen LogP contribution >= 0.6 is 0 Å². The largest absolute Gasteiger partial charge is 0.394 e. The summed E-state index contributed by atoms with van der Waals surface area (Å²) in [5.74, 6) is 0. The normalized spacial score (nSPS) is 17.4. The van der Waals surface area contributed by atoms with Gasteiger partial charge in [-0.3, -0.25) is 4.98 Å². The van der Waals surface area contributed by atoms with Crippen LogP contribution in [0.2, 0.25) is 0 Å². The Bertz CT molecular complexity index is 443. The first-order chi connectivity index (χ1) is 8.70. The Kier molecular flexibility index (Phi) is 4.47. The number of hydrogen-bond acceptors (Lipinski definition) is 4. The Morgan fingerprint density at radius 2 is 2.33 bits per heavy atom. The van der Waals surface area contributed by atoms with Crippen molar-refractivity contribution in [2.24, 2.45) is 0 Å². The number of nitrogens with zero attached hydrogens (tertiary/aromatic N) is 1. The summed E-state index contributed by atoms with van der Waals surface area (Å²) in [7, 11) is 0. The molecule has 0 saturated carbocycles. The Morgan fingerprint density at radius 3 is 2.94 bits per heavy atom. The van der Waals surface area contributed by atoms with E-state index in [1.165, 1.54) is 5.57 Å². The van der Waals surface area contributed by atoms with Crippen LogP contribution in [0.25, 0.3) is 5.57 Å². The first-order valence-corrected chi connectivity index (χ1v) is 6.35. The Hall–Kier alpha value is -1.23. The summed E-state index contributed by atoms with van der Waals surface area (Å²) in [4.78, 5) is 4.50. The second-order valence-corrected chi connectivity index (χ2v) is 4.73. The molecule has 0 aliphatic carbocycles. The summed E-state index contributed by atoms with van der Waals surface area (Å²) in [5, 5.41) is 21.5. The molecule has 1 aliphatic heterocycles. The molecule has 1 aliphatic rings. The highest BCUT2D eigenvalue weighted by molar-refractivity contribution is 5.66. The molecule has 0 fully saturated rings. The van der Waals surface area contributed by atoms with Crippen molar-refractivity contribution in [1.82, 2.24) is 10.3 Å². The fraction of sp³-hybridized carbons (Fsp3) is 0.500. The molecule has 98 valence electrons. The molecule has 0 amide bonds. The third kappa shape index (κ3) is 3.16. The van der Waals surface area contributed by atoms with Gasteiger partial charge in [-0.2, -0.15) is 0 Å². The zero-order valence-corrected chi connectivity index (χ0v) is 10.7. The number of aliphatic hydroxyl groups is 2. The molecule has 1 unspecified atom stereocenters. The van der Waals surface area contributed by atoms with Gasteiger partial charge >= 0.3 is 0 Å². The molecule has 0 radical (unpaired) electrons. The van der Waals surface area contributed by atoms with Gasteiger partial charge < -0.3 is 15.5 Å². The lowest BCUT2D eigenvalue weighted by Gasteiger charge is -2.16. The van der Waals surface area contributed by atoms with Crippen molar-refractivity contribution in [3.8, 4) is 0 Å². The lowest BCUT2D eigenvalue weighted by atomic mass is 9.99. The summed E-state index contributed by atoms with van der Waals surface area (Å²) in [6.45, 7) is 3.73. The molecule has 0 spiro atoms. The molecular weight excluding hydrogens is 228 g/mol. The van der Waals surface area contributed by atoms with Crippen LogP contribution in [-0.4, -0.2) is 41.0 Å². The number of hydrogen-bond donors (Lipinski definition) is 3. The fourth-order valence-corrected chi connectivity index (χ4v) is 2.26. The van der Waals surface area contributed by atoms with Crippen LogP contribution in [0, 0.1) is 6.92 Å². The third-order valence-corrected chi connectivity index (χ3v) is 3.19. The Morgan fingerprint density at radius 1 is 1.50 bits per heavy atom. The van der Waals surface area contributed by atoms with E-state index in [4.69, 9.17) is 5.11 Å². The standard InChI is InChI=1S/C14H20N2O2/c1-10-6-11(7-13(18)9-17)8-16-14(10)12-2-4-15-5-3-12/h2,6,8,13,15,17-18H,3-5,7,9H2,1H3. The predicted octanol–water partition coefficient (Wildman–Crippen LogP) is 0.662. The van der Waals surface area contributed by atoms with Crippen molar-refractivity contribution < 1.29 is 10.2 Å². The number of aryl methyl sites for hydroxylation is 1. The predicted molar refractivity (Wildman–Crippen MR) is 71.2 cm³/mol. The molecule has 0 aromatic carbocycles. The molecule has 0 bridgehead atoms. The van der Waals surface area contributed by atoms with Gasteiger partial charge in [0, 0.05) is 19.2 Å². The zero-order chi connectivity index (χ0) is 13.0. The lowest BCUT2D eigenvalue weighted by molar-refractivity contribution is 0.0954. The minimum Gasteiger partial charge on any atom is -0.394 e. The second-order valence-electron chi connectivity index (χ2n) is 4.73. The molecule has 18 heavy (non-hydrogen) atoms. The highest BCUT2D eigenvalue weighted by Gasteiger charge is 2.11. The van der Waals surface area contributed by atoms with Crippen molar-refractivity contribution in [1.29, 1.82) is 0 Å². The van der Waals surface area contributed by atoms with Crippen LogP contribution in [0.15, 0.2) is 18.3 Å². The van der Waals surface area contributed by atoms with Crippen LogP contribution in [0.1, 0.15) is 23.2 Å². The number of rotatable bonds is 4. The van der Waals surface area contributed by atoms with Gasteiger partial charge in [-0.1, -0.05) is 12.1 Å². The van der Waals surface area contributed by atoms with E-state index in [1.54, 1.807) is 6.20 Å². The highest BCUT2D eigenvalue weighted by atomic mass is 16.3. The monoisotopic (exact) mass is 248 g/mol. The highest BCUT2D eigenvalue weighted by Crippen LogP contribution is 2.21. The first-order valence-electron chi connectivity index (χ1n) is 6.35. The van der Waals surface area contributed by atoms with Crippen LogP contribution in [-0.2, 0) is 6.42 Å². The van der Waals surface area contributed by atoms with E-state index in [-0.39, 0.29) is 6.61 Å². The van der Waals surface area contributed by atoms with Crippen LogP contribution in [0.3, 0.4) is 0 Å². The summed E-state index contributed by atoms with van der Waals surface area (Å²) in [6.07, 6.45) is 4.73. The van der Waals surface area contributed by atoms with Crippen LogP contribution in [0.5, 0.6) is 0 Å². The summed E-state index contributed by atoms with van der Waals surface area (Å²) in [6, 6.07) is 2.05. The molecule has 4 heteroatoms. The van der Waals surface area contributed by atoms with E-state index in [2.05, 4.69) is 16.4 Å². The summed E-state index contributed by atoms with van der Waals surface area (Å²) >= 11 is 0. The van der Waals surface area contributed by atoms with Crippen molar-refractivity contribution in [2.75, 3.05) is 19.7 Å². The number of nitrogens with one attached hydrogen (secondary N) is 1. The minimum absolute atomic E-state index is 0.211. The van der Waals surface area contributed by atoms with Gasteiger partial charge in [0.2, 0.25) is 0 Å². The number of pyridine rings is 1. The molecule has 2 rings (SSSR count). The van der Waals surface area contributed by atoms with Gasteiger partial charge in [0.15, 0.2) is 0 Å². The maximum Gasteiger partial charge on any atom is 0.0811 e. The van der Waals surface area contributed by atoms with Gasteiger partial charge in [0.05, 0.1) is 18.4 Å². The van der Waals surface area contributed by atoms with E-state index in [1.807, 2.05) is 13.0 Å². The van der Waals surface area contributed by atoms with E-state index < -0.39 is 6.10 Å². The van der Waals surface area contributed by atoms with E-state index in [0.29, 0.717) is 6.42 Å². The average molecular weight is 248 g/mol. The molecule has 3 N–H and O–H groups in total. The molecule has 2 heterocycles. The smallest absolute Gasteiger partial charge is 0.0811 e. The molecule has 1 atom stereocenters. The van der Waals surface area contributed by atoms with Gasteiger partial charge in [-0.05, 0) is 36.6 Å². The molecule has 4 nitrogen and oxygen atoms in total. The lowest BCUT2D eigenvalue weighted by Crippen LogP contribution is -2.20. The second kappa shape index (κ2) is 6.09. The Labute approximate surface area is 107 Å². The zero-order valence-electron chi connectivity index (χ0n) is 10.7. The maximum absolute atomic E-state index is 9.42. The van der Waals surface area contributed by atoms with Crippen molar-refractivity contribution in [3.63, 3.8) is 0 Å². The third-order valence-electron chi connectivity index (χ3n) is 3.19. The van der Waals surface area contributed by atoms with Gasteiger partial charge in [-0.15, -0.1) is 0 Å². The van der Waals surface area contributed by atoms with E-state index >= 15 is 0 Å². The molecule has 1 aromatic rings. The topological polar surface area (TPSA) is 65.4 Å².